The van der Waals surface area contributed by atoms with Gasteiger partial charge >= 0.3 is 0 Å². The van der Waals surface area contributed by atoms with Crippen LogP contribution in [0.2, 0.25) is 0 Å². The molecular formula is C12H20N4O. The van der Waals surface area contributed by atoms with Crippen molar-refractivity contribution in [2.45, 2.75) is 51.5 Å². The van der Waals surface area contributed by atoms with Crippen molar-refractivity contribution < 1.29 is 4.79 Å². The molecule has 17 heavy (non-hydrogen) atoms. The van der Waals surface area contributed by atoms with Crippen molar-refractivity contribution in [3.63, 3.8) is 0 Å². The quantitative estimate of drug-likeness (QED) is 0.869. The molecule has 0 atom stereocenters. The molecule has 0 unspecified atom stereocenters. The maximum Gasteiger partial charge on any atom is 0.293 e. The van der Waals surface area contributed by atoms with Gasteiger partial charge in [-0.15, -0.1) is 5.10 Å². The molecular weight excluding hydrogens is 216 g/mol. The van der Waals surface area contributed by atoms with Crippen molar-refractivity contribution >= 4 is 5.91 Å². The van der Waals surface area contributed by atoms with Crippen LogP contribution in [0, 0.1) is 0 Å². The van der Waals surface area contributed by atoms with E-state index in [-0.39, 0.29) is 17.3 Å². The van der Waals surface area contributed by atoms with Crippen LogP contribution in [-0.2, 0) is 0 Å². The van der Waals surface area contributed by atoms with Crippen LogP contribution in [0.25, 0.3) is 0 Å². The number of H-pyrrole nitrogens is 1. The fourth-order valence-corrected chi connectivity index (χ4v) is 1.57. The van der Waals surface area contributed by atoms with E-state index in [1.54, 1.807) is 11.9 Å². The van der Waals surface area contributed by atoms with E-state index in [1.807, 2.05) is 13.8 Å². The lowest BCUT2D eigenvalue weighted by atomic mass is 10.00. The summed E-state index contributed by atoms with van der Waals surface area (Å²) in [6.07, 6.45) is 3.20. The Labute approximate surface area is 102 Å². The van der Waals surface area contributed by atoms with Crippen molar-refractivity contribution in [2.75, 3.05) is 7.05 Å². The topological polar surface area (TPSA) is 61.9 Å². The zero-order chi connectivity index (χ0) is 12.6. The Morgan fingerprint density at radius 3 is 2.71 bits per heavy atom. The van der Waals surface area contributed by atoms with Crippen LogP contribution in [-0.4, -0.2) is 38.6 Å². The predicted octanol–water partition coefficient (Wildman–Crippen LogP) is 1.94. The summed E-state index contributed by atoms with van der Waals surface area (Å²) in [7, 11) is 1.80. The molecule has 0 spiro atoms. The molecule has 1 saturated carbocycles. The van der Waals surface area contributed by atoms with Crippen LogP contribution < -0.4 is 0 Å². The molecule has 0 bridgehead atoms. The van der Waals surface area contributed by atoms with Crippen molar-refractivity contribution in [1.29, 1.82) is 0 Å². The summed E-state index contributed by atoms with van der Waals surface area (Å²) in [4.78, 5) is 18.2. The first kappa shape index (κ1) is 12.1. The molecule has 0 radical (unpaired) electrons. The first-order valence-corrected chi connectivity index (χ1v) is 6.16. The molecule has 1 aromatic heterocycles. The minimum atomic E-state index is -0.169. The number of aromatic nitrogens is 3. The standard InChI is InChI=1S/C12H20N4O/c1-5-12(2,3)16(4)11(17)10-13-9(14-15-10)8-6-7-8/h8H,5-7H2,1-4H3,(H,13,14,15). The van der Waals surface area contributed by atoms with Crippen LogP contribution in [0.15, 0.2) is 0 Å². The van der Waals surface area contributed by atoms with E-state index in [0.29, 0.717) is 5.92 Å². The highest BCUT2D eigenvalue weighted by molar-refractivity contribution is 5.90. The summed E-state index contributed by atoms with van der Waals surface area (Å²) in [5.74, 6) is 1.53. The lowest BCUT2D eigenvalue weighted by molar-refractivity contribution is 0.0608. The Hall–Kier alpha value is -1.39. The highest BCUT2D eigenvalue weighted by Crippen LogP contribution is 2.37. The Morgan fingerprint density at radius 1 is 1.53 bits per heavy atom. The first-order valence-electron chi connectivity index (χ1n) is 6.16. The second-order valence-electron chi connectivity index (χ2n) is 5.35. The molecule has 1 aromatic rings. The number of carbonyl (C=O) groups excluding carboxylic acids is 1. The van der Waals surface area contributed by atoms with Crippen LogP contribution >= 0.6 is 0 Å². The Bertz CT molecular complexity index is 420. The van der Waals surface area contributed by atoms with Gasteiger partial charge in [0.2, 0.25) is 5.82 Å². The van der Waals surface area contributed by atoms with Gasteiger partial charge < -0.3 is 4.90 Å². The maximum atomic E-state index is 12.2. The minimum absolute atomic E-state index is 0.111. The van der Waals surface area contributed by atoms with Gasteiger partial charge in [0.1, 0.15) is 5.82 Å². The number of aromatic amines is 1. The molecule has 1 N–H and O–H groups in total. The maximum absolute atomic E-state index is 12.2. The minimum Gasteiger partial charge on any atom is -0.334 e. The summed E-state index contributed by atoms with van der Waals surface area (Å²) >= 11 is 0. The van der Waals surface area contributed by atoms with E-state index in [1.165, 1.54) is 0 Å². The van der Waals surface area contributed by atoms with Crippen molar-refractivity contribution in [1.82, 2.24) is 20.1 Å². The summed E-state index contributed by atoms with van der Waals surface area (Å²) < 4.78 is 0. The van der Waals surface area contributed by atoms with E-state index < -0.39 is 0 Å². The molecule has 2 rings (SSSR count). The first-order chi connectivity index (χ1) is 7.95. The van der Waals surface area contributed by atoms with Gasteiger partial charge in [-0.2, -0.15) is 0 Å². The van der Waals surface area contributed by atoms with E-state index in [4.69, 9.17) is 0 Å². The average Bonchev–Trinajstić information content (AvgIpc) is 3.05. The largest absolute Gasteiger partial charge is 0.334 e. The van der Waals surface area contributed by atoms with Crippen LogP contribution in [0.1, 0.15) is 62.4 Å². The highest BCUT2D eigenvalue weighted by Gasteiger charge is 2.31. The highest BCUT2D eigenvalue weighted by atomic mass is 16.2. The smallest absolute Gasteiger partial charge is 0.293 e. The lowest BCUT2D eigenvalue weighted by Crippen LogP contribution is -2.44. The fraction of sp³-hybridized carbons (Fsp3) is 0.750. The number of carbonyl (C=O) groups is 1. The second kappa shape index (κ2) is 4.13. The molecule has 1 fully saturated rings. The predicted molar refractivity (Wildman–Crippen MR) is 64.8 cm³/mol. The normalized spacial score (nSPS) is 16.0. The molecule has 1 aliphatic rings. The van der Waals surface area contributed by atoms with E-state index in [2.05, 4.69) is 22.1 Å². The van der Waals surface area contributed by atoms with E-state index >= 15 is 0 Å². The van der Waals surface area contributed by atoms with E-state index in [0.717, 1.165) is 25.1 Å². The van der Waals surface area contributed by atoms with Crippen molar-refractivity contribution in [3.05, 3.63) is 11.6 Å². The fourth-order valence-electron chi connectivity index (χ4n) is 1.57. The molecule has 0 aromatic carbocycles. The monoisotopic (exact) mass is 236 g/mol. The van der Waals surface area contributed by atoms with Gasteiger partial charge in [0.05, 0.1) is 0 Å². The van der Waals surface area contributed by atoms with Gasteiger partial charge in [0.15, 0.2) is 0 Å². The van der Waals surface area contributed by atoms with Gasteiger partial charge in [0.25, 0.3) is 5.91 Å². The van der Waals surface area contributed by atoms with Gasteiger partial charge in [-0.1, -0.05) is 6.92 Å². The van der Waals surface area contributed by atoms with Gasteiger partial charge in [0, 0.05) is 18.5 Å². The van der Waals surface area contributed by atoms with Gasteiger partial charge in [-0.25, -0.2) is 4.98 Å². The van der Waals surface area contributed by atoms with Crippen molar-refractivity contribution in [2.24, 2.45) is 0 Å². The Balaban J connectivity index is 2.12. The number of hydrogen-bond donors (Lipinski definition) is 1. The molecule has 0 aliphatic heterocycles. The zero-order valence-corrected chi connectivity index (χ0v) is 10.9. The SMILES string of the molecule is CCC(C)(C)N(C)C(=O)c1n[nH]c(C2CC2)n1. The summed E-state index contributed by atoms with van der Waals surface area (Å²) in [5.41, 5.74) is -0.169. The van der Waals surface area contributed by atoms with Crippen LogP contribution in [0.5, 0.6) is 0 Å². The molecule has 5 nitrogen and oxygen atoms in total. The van der Waals surface area contributed by atoms with Crippen LogP contribution in [0.3, 0.4) is 0 Å². The number of hydrogen-bond acceptors (Lipinski definition) is 3. The van der Waals surface area contributed by atoms with Crippen molar-refractivity contribution in [3.8, 4) is 0 Å². The number of rotatable bonds is 4. The third-order valence-corrected chi connectivity index (χ3v) is 3.74. The summed E-state index contributed by atoms with van der Waals surface area (Å²) in [6, 6.07) is 0. The average molecular weight is 236 g/mol. The molecule has 1 heterocycles. The molecule has 1 amide bonds. The number of nitrogens with zero attached hydrogens (tertiary/aromatic N) is 3. The lowest BCUT2D eigenvalue weighted by Gasteiger charge is -2.33. The van der Waals surface area contributed by atoms with E-state index in [9.17, 15) is 4.79 Å². The van der Waals surface area contributed by atoms with Crippen LogP contribution in [0.4, 0.5) is 0 Å². The summed E-state index contributed by atoms with van der Waals surface area (Å²) in [5, 5.41) is 6.88. The third-order valence-electron chi connectivity index (χ3n) is 3.74. The molecule has 5 heteroatoms. The molecule has 94 valence electrons. The number of nitrogens with one attached hydrogen (secondary N) is 1. The molecule has 0 saturated heterocycles. The summed E-state index contributed by atoms with van der Waals surface area (Å²) in [6.45, 7) is 6.15. The number of amides is 1. The van der Waals surface area contributed by atoms with Gasteiger partial charge in [-0.3, -0.25) is 9.89 Å². The Kier molecular flexibility index (Phi) is 2.93. The zero-order valence-electron chi connectivity index (χ0n) is 10.9. The Morgan fingerprint density at radius 2 is 2.18 bits per heavy atom. The van der Waals surface area contributed by atoms with Gasteiger partial charge in [-0.05, 0) is 33.1 Å². The molecule has 1 aliphatic carbocycles. The third kappa shape index (κ3) is 2.33. The second-order valence-corrected chi connectivity index (χ2v) is 5.35.